The molecule has 0 aromatic carbocycles. The Morgan fingerprint density at radius 3 is 3.17 bits per heavy atom. The Kier molecular flexibility index (Phi) is 1.89. The Morgan fingerprint density at radius 2 is 2.50 bits per heavy atom. The zero-order chi connectivity index (χ0) is 8.55. The quantitative estimate of drug-likeness (QED) is 0.673. The van der Waals surface area contributed by atoms with Gasteiger partial charge in [-0.2, -0.15) is 0 Å². The van der Waals surface area contributed by atoms with Crippen LogP contribution in [0.1, 0.15) is 27.9 Å². The summed E-state index contributed by atoms with van der Waals surface area (Å²) in [7, 11) is 0. The monoisotopic (exact) mass is 181 g/mol. The second kappa shape index (κ2) is 2.90. The van der Waals surface area contributed by atoms with E-state index in [1.54, 1.807) is 18.3 Å². The zero-order valence-electron chi connectivity index (χ0n) is 7.02. The van der Waals surface area contributed by atoms with Crippen LogP contribution in [0.2, 0.25) is 0 Å². The maximum absolute atomic E-state index is 11.0. The van der Waals surface area contributed by atoms with E-state index >= 15 is 0 Å². The van der Waals surface area contributed by atoms with Crippen molar-refractivity contribution in [3.05, 3.63) is 15.8 Å². The summed E-state index contributed by atoms with van der Waals surface area (Å²) >= 11 is 1.63. The summed E-state index contributed by atoms with van der Waals surface area (Å²) in [5.41, 5.74) is 1.18. The highest BCUT2D eigenvalue weighted by atomic mass is 32.1. The number of carbonyl (C=O) groups is 1. The molecule has 0 unspecified atom stereocenters. The van der Waals surface area contributed by atoms with Crippen LogP contribution in [0.3, 0.4) is 0 Å². The van der Waals surface area contributed by atoms with Gasteiger partial charge in [0, 0.05) is 17.1 Å². The number of Topliss-reactive ketones (excluding diaryl/α,β-unsaturated/α-hetero) is 1. The van der Waals surface area contributed by atoms with Crippen LogP contribution in [0, 0.1) is 0 Å². The lowest BCUT2D eigenvalue weighted by atomic mass is 10.2. The average molecular weight is 181 g/mol. The van der Waals surface area contributed by atoms with Crippen molar-refractivity contribution < 1.29 is 4.79 Å². The topological polar surface area (TPSA) is 29.1 Å². The van der Waals surface area contributed by atoms with Gasteiger partial charge in [-0.1, -0.05) is 0 Å². The van der Waals surface area contributed by atoms with E-state index in [4.69, 9.17) is 0 Å². The predicted molar refractivity (Wildman–Crippen MR) is 51.1 cm³/mol. The number of anilines is 1. The molecular weight excluding hydrogens is 170 g/mol. The standard InChI is InChI=1S/C9H11NOS/c1-6(11)9-5-7-8(12-9)3-2-4-10-7/h5,10H,2-4H2,1H3. The van der Waals surface area contributed by atoms with Crippen LogP contribution in [0.15, 0.2) is 6.07 Å². The third-order valence-corrected chi connectivity index (χ3v) is 3.35. The largest absolute Gasteiger partial charge is 0.384 e. The fourth-order valence-corrected chi connectivity index (χ4v) is 2.48. The lowest BCUT2D eigenvalue weighted by Gasteiger charge is -2.11. The van der Waals surface area contributed by atoms with Gasteiger partial charge in [-0.3, -0.25) is 4.79 Å². The highest BCUT2D eigenvalue weighted by Crippen LogP contribution is 2.31. The second-order valence-electron chi connectivity index (χ2n) is 3.03. The van der Waals surface area contributed by atoms with Crippen LogP contribution in [0.5, 0.6) is 0 Å². The summed E-state index contributed by atoms with van der Waals surface area (Å²) in [5, 5.41) is 3.30. The van der Waals surface area contributed by atoms with Crippen molar-refractivity contribution in [1.82, 2.24) is 0 Å². The molecule has 0 spiro atoms. The molecule has 2 heterocycles. The van der Waals surface area contributed by atoms with E-state index in [0.29, 0.717) is 0 Å². The first-order chi connectivity index (χ1) is 5.77. The van der Waals surface area contributed by atoms with Gasteiger partial charge in [-0.15, -0.1) is 11.3 Å². The highest BCUT2D eigenvalue weighted by molar-refractivity contribution is 7.14. The molecule has 0 radical (unpaired) electrons. The highest BCUT2D eigenvalue weighted by Gasteiger charge is 2.14. The molecule has 0 bridgehead atoms. The lowest BCUT2D eigenvalue weighted by Crippen LogP contribution is -2.08. The Hall–Kier alpha value is -0.830. The summed E-state index contributed by atoms with van der Waals surface area (Å²) in [6.45, 7) is 2.67. The molecule has 0 saturated carbocycles. The molecule has 2 rings (SSSR count). The van der Waals surface area contributed by atoms with Crippen LogP contribution in [-0.4, -0.2) is 12.3 Å². The van der Waals surface area contributed by atoms with Crippen LogP contribution in [0.4, 0.5) is 5.69 Å². The summed E-state index contributed by atoms with van der Waals surface area (Å²) in [4.78, 5) is 13.3. The van der Waals surface area contributed by atoms with Crippen molar-refractivity contribution in [1.29, 1.82) is 0 Å². The number of fused-ring (bicyclic) bond motifs is 1. The molecule has 1 aromatic heterocycles. The molecule has 1 aliphatic rings. The normalized spacial score (nSPS) is 15.1. The van der Waals surface area contributed by atoms with Crippen molar-refractivity contribution in [3.63, 3.8) is 0 Å². The van der Waals surface area contributed by atoms with E-state index in [2.05, 4.69) is 5.32 Å². The van der Waals surface area contributed by atoms with E-state index in [-0.39, 0.29) is 5.78 Å². The van der Waals surface area contributed by atoms with Gasteiger partial charge in [0.1, 0.15) is 0 Å². The van der Waals surface area contributed by atoms with E-state index in [1.165, 1.54) is 17.0 Å². The average Bonchev–Trinajstić information content (AvgIpc) is 2.46. The van der Waals surface area contributed by atoms with Crippen molar-refractivity contribution in [3.8, 4) is 0 Å². The number of hydrogen-bond donors (Lipinski definition) is 1. The minimum atomic E-state index is 0.177. The van der Waals surface area contributed by atoms with Gasteiger partial charge in [0.15, 0.2) is 5.78 Å². The second-order valence-corrected chi connectivity index (χ2v) is 4.17. The summed E-state index contributed by atoms with van der Waals surface area (Å²) < 4.78 is 0. The molecule has 0 amide bonds. The van der Waals surface area contributed by atoms with E-state index < -0.39 is 0 Å². The van der Waals surface area contributed by atoms with Crippen LogP contribution < -0.4 is 5.32 Å². The minimum absolute atomic E-state index is 0.177. The third kappa shape index (κ3) is 1.25. The Balaban J connectivity index is 2.38. The molecule has 64 valence electrons. The number of carbonyl (C=O) groups excluding carboxylic acids is 1. The maximum atomic E-state index is 11.0. The van der Waals surface area contributed by atoms with Crippen molar-refractivity contribution in [2.24, 2.45) is 0 Å². The van der Waals surface area contributed by atoms with Gasteiger partial charge in [0.2, 0.25) is 0 Å². The number of aryl methyl sites for hydroxylation is 1. The molecule has 2 nitrogen and oxygen atoms in total. The summed E-state index contributed by atoms with van der Waals surface area (Å²) in [6.07, 6.45) is 2.31. The molecule has 0 fully saturated rings. The SMILES string of the molecule is CC(=O)c1cc2c(s1)CCCN2. The number of thiophene rings is 1. The lowest BCUT2D eigenvalue weighted by molar-refractivity contribution is 0.102. The molecule has 12 heavy (non-hydrogen) atoms. The molecule has 0 saturated heterocycles. The smallest absolute Gasteiger partial charge is 0.169 e. The Morgan fingerprint density at radius 1 is 1.67 bits per heavy atom. The summed E-state index contributed by atoms with van der Waals surface area (Å²) in [5.74, 6) is 0.177. The number of hydrogen-bond acceptors (Lipinski definition) is 3. The molecule has 1 N–H and O–H groups in total. The first-order valence-corrected chi connectivity index (χ1v) is 4.96. The van der Waals surface area contributed by atoms with Gasteiger partial charge >= 0.3 is 0 Å². The van der Waals surface area contributed by atoms with Crippen LogP contribution in [-0.2, 0) is 6.42 Å². The van der Waals surface area contributed by atoms with Crippen molar-refractivity contribution in [2.75, 3.05) is 11.9 Å². The maximum Gasteiger partial charge on any atom is 0.169 e. The Bertz CT molecular complexity index is 293. The third-order valence-electron chi connectivity index (χ3n) is 2.05. The number of ketones is 1. The molecule has 1 aliphatic heterocycles. The molecule has 1 aromatic rings. The predicted octanol–water partition coefficient (Wildman–Crippen LogP) is 2.31. The number of rotatable bonds is 1. The van der Waals surface area contributed by atoms with Crippen molar-refractivity contribution >= 4 is 22.8 Å². The molecule has 3 heteroatoms. The van der Waals surface area contributed by atoms with Gasteiger partial charge in [-0.25, -0.2) is 0 Å². The number of nitrogens with one attached hydrogen (secondary N) is 1. The van der Waals surface area contributed by atoms with E-state index in [9.17, 15) is 4.79 Å². The minimum Gasteiger partial charge on any atom is -0.384 e. The van der Waals surface area contributed by atoms with E-state index in [1.807, 2.05) is 6.07 Å². The van der Waals surface area contributed by atoms with Gasteiger partial charge < -0.3 is 5.32 Å². The van der Waals surface area contributed by atoms with Crippen LogP contribution >= 0.6 is 11.3 Å². The van der Waals surface area contributed by atoms with Crippen molar-refractivity contribution in [2.45, 2.75) is 19.8 Å². The Labute approximate surface area is 75.6 Å². The van der Waals surface area contributed by atoms with Gasteiger partial charge in [-0.05, 0) is 25.8 Å². The molecular formula is C9H11NOS. The van der Waals surface area contributed by atoms with Crippen LogP contribution in [0.25, 0.3) is 0 Å². The molecule has 0 atom stereocenters. The molecule has 0 aliphatic carbocycles. The summed E-state index contributed by atoms with van der Waals surface area (Å²) in [6, 6.07) is 1.97. The van der Waals surface area contributed by atoms with Gasteiger partial charge in [0.25, 0.3) is 0 Å². The van der Waals surface area contributed by atoms with E-state index in [0.717, 1.165) is 17.8 Å². The fourth-order valence-electron chi connectivity index (χ4n) is 1.41. The fraction of sp³-hybridized carbons (Fsp3) is 0.444. The van der Waals surface area contributed by atoms with Gasteiger partial charge in [0.05, 0.1) is 4.88 Å². The first-order valence-electron chi connectivity index (χ1n) is 4.15. The first kappa shape index (κ1) is 7.80. The zero-order valence-corrected chi connectivity index (χ0v) is 7.83.